The quantitative estimate of drug-likeness (QED) is 0.786. The number of halogens is 1. The topological polar surface area (TPSA) is 49.4 Å². The van der Waals surface area contributed by atoms with Crippen LogP contribution in [0.25, 0.3) is 0 Å². The molecule has 0 spiro atoms. The largest absolute Gasteiger partial charge is 0.372 e. The van der Waals surface area contributed by atoms with Crippen molar-refractivity contribution < 1.29 is 8.42 Å². The molecule has 0 aliphatic rings. The Bertz CT molecular complexity index is 787. The van der Waals surface area contributed by atoms with E-state index >= 15 is 0 Å². The van der Waals surface area contributed by atoms with E-state index in [0.29, 0.717) is 5.69 Å². The average molecular weight is 397 g/mol. The first-order chi connectivity index (χ1) is 10.9. The predicted molar refractivity (Wildman–Crippen MR) is 99.7 cm³/mol. The van der Waals surface area contributed by atoms with Gasteiger partial charge in [-0.3, -0.25) is 4.72 Å². The molecule has 0 amide bonds. The van der Waals surface area contributed by atoms with Gasteiger partial charge in [0.2, 0.25) is 0 Å². The van der Waals surface area contributed by atoms with Crippen LogP contribution in [0.4, 0.5) is 11.4 Å². The van der Waals surface area contributed by atoms with Gasteiger partial charge in [-0.15, -0.1) is 0 Å². The van der Waals surface area contributed by atoms with Gasteiger partial charge in [-0.25, -0.2) is 8.42 Å². The summed E-state index contributed by atoms with van der Waals surface area (Å²) < 4.78 is 28.4. The molecule has 6 heteroatoms. The summed E-state index contributed by atoms with van der Waals surface area (Å²) in [4.78, 5) is 2.46. The molecule has 0 saturated heterocycles. The Kier molecular flexibility index (Phi) is 5.70. The molecule has 0 heterocycles. The fourth-order valence-electron chi connectivity index (χ4n) is 2.39. The van der Waals surface area contributed by atoms with Gasteiger partial charge in [0.15, 0.2) is 0 Å². The molecule has 0 aliphatic heterocycles. The molecule has 124 valence electrons. The average Bonchev–Trinajstić information content (AvgIpc) is 2.51. The second-order valence-corrected chi connectivity index (χ2v) is 7.83. The summed E-state index contributed by atoms with van der Waals surface area (Å²) >= 11 is 3.30. The normalized spacial score (nSPS) is 11.3. The first-order valence-corrected chi connectivity index (χ1v) is 9.79. The van der Waals surface area contributed by atoms with Gasteiger partial charge < -0.3 is 4.90 Å². The van der Waals surface area contributed by atoms with E-state index in [9.17, 15) is 8.42 Å². The summed E-state index contributed by atoms with van der Waals surface area (Å²) in [6.45, 7) is 7.94. The number of benzene rings is 2. The molecule has 0 radical (unpaired) electrons. The van der Waals surface area contributed by atoms with Crippen molar-refractivity contribution in [2.75, 3.05) is 22.7 Å². The molecule has 2 aromatic carbocycles. The molecule has 0 atom stereocenters. The van der Waals surface area contributed by atoms with E-state index in [-0.39, 0.29) is 4.90 Å². The highest BCUT2D eigenvalue weighted by molar-refractivity contribution is 9.10. The van der Waals surface area contributed by atoms with Crippen LogP contribution in [-0.2, 0) is 10.0 Å². The van der Waals surface area contributed by atoms with E-state index in [2.05, 4.69) is 39.4 Å². The Morgan fingerprint density at radius 1 is 1.09 bits per heavy atom. The zero-order valence-corrected chi connectivity index (χ0v) is 15.9. The Labute approximate surface area is 146 Å². The van der Waals surface area contributed by atoms with Crippen LogP contribution in [0.1, 0.15) is 19.4 Å². The number of hydrogen-bond donors (Lipinski definition) is 1. The molecule has 2 aromatic rings. The highest BCUT2D eigenvalue weighted by Gasteiger charge is 2.16. The number of rotatable bonds is 6. The minimum Gasteiger partial charge on any atom is -0.372 e. The number of hydrogen-bond acceptors (Lipinski definition) is 3. The molecule has 0 saturated carbocycles. The Balaban J connectivity index is 2.30. The fraction of sp³-hybridized carbons (Fsp3) is 0.294. The van der Waals surface area contributed by atoms with Crippen LogP contribution in [0.15, 0.2) is 51.8 Å². The number of anilines is 2. The van der Waals surface area contributed by atoms with Crippen molar-refractivity contribution in [3.05, 3.63) is 52.5 Å². The van der Waals surface area contributed by atoms with E-state index in [1.165, 1.54) is 0 Å². The molecule has 0 fully saturated rings. The molecular weight excluding hydrogens is 376 g/mol. The van der Waals surface area contributed by atoms with E-state index in [4.69, 9.17) is 0 Å². The first kappa shape index (κ1) is 17.8. The van der Waals surface area contributed by atoms with Crippen LogP contribution in [0.5, 0.6) is 0 Å². The van der Waals surface area contributed by atoms with Gasteiger partial charge in [0.1, 0.15) is 0 Å². The van der Waals surface area contributed by atoms with Gasteiger partial charge in [-0.05, 0) is 62.7 Å². The maximum atomic E-state index is 12.5. The molecule has 2 rings (SSSR count). The van der Waals surface area contributed by atoms with E-state index in [0.717, 1.165) is 28.8 Å². The van der Waals surface area contributed by atoms with Crippen molar-refractivity contribution in [1.82, 2.24) is 0 Å². The minimum absolute atomic E-state index is 0.235. The Morgan fingerprint density at radius 3 is 2.35 bits per heavy atom. The maximum Gasteiger partial charge on any atom is 0.261 e. The maximum absolute atomic E-state index is 12.5. The monoisotopic (exact) mass is 396 g/mol. The number of nitrogens with one attached hydrogen (secondary N) is 1. The molecule has 0 bridgehead atoms. The second-order valence-electron chi connectivity index (χ2n) is 5.23. The summed E-state index contributed by atoms with van der Waals surface area (Å²) in [6, 6.07) is 12.4. The van der Waals surface area contributed by atoms with Crippen LogP contribution < -0.4 is 9.62 Å². The molecule has 23 heavy (non-hydrogen) atoms. The Morgan fingerprint density at radius 2 is 1.78 bits per heavy atom. The smallest absolute Gasteiger partial charge is 0.261 e. The van der Waals surface area contributed by atoms with Crippen LogP contribution >= 0.6 is 15.9 Å². The van der Waals surface area contributed by atoms with Gasteiger partial charge in [0, 0.05) is 23.2 Å². The summed E-state index contributed by atoms with van der Waals surface area (Å²) in [5.41, 5.74) is 2.59. The van der Waals surface area contributed by atoms with Gasteiger partial charge in [-0.2, -0.15) is 0 Å². The van der Waals surface area contributed by atoms with Crippen LogP contribution in [0, 0.1) is 6.92 Å². The van der Waals surface area contributed by atoms with E-state index < -0.39 is 10.0 Å². The minimum atomic E-state index is -3.60. The molecule has 1 N–H and O–H groups in total. The molecule has 0 unspecified atom stereocenters. The van der Waals surface area contributed by atoms with Crippen molar-refractivity contribution in [3.8, 4) is 0 Å². The Hall–Kier alpha value is -1.53. The number of aryl methyl sites for hydroxylation is 1. The van der Waals surface area contributed by atoms with Gasteiger partial charge in [0.25, 0.3) is 10.0 Å². The van der Waals surface area contributed by atoms with Crippen LogP contribution in [0.2, 0.25) is 0 Å². The molecule has 0 aromatic heterocycles. The fourth-order valence-corrected chi connectivity index (χ4v) is 4.11. The van der Waals surface area contributed by atoms with Gasteiger partial charge >= 0.3 is 0 Å². The second kappa shape index (κ2) is 7.36. The van der Waals surface area contributed by atoms with Crippen LogP contribution in [0.3, 0.4) is 0 Å². The molecular formula is C17H21BrN2O2S. The lowest BCUT2D eigenvalue weighted by molar-refractivity contribution is 0.601. The lowest BCUT2D eigenvalue weighted by Gasteiger charge is -2.22. The standard InChI is InChI=1S/C17H21BrN2O2S/c1-4-20(5-2)15-9-10-17(13(3)11-15)19-23(21,22)16-8-6-7-14(18)12-16/h6-12,19H,4-5H2,1-3H3. The molecule has 4 nitrogen and oxygen atoms in total. The summed E-state index contributed by atoms with van der Waals surface area (Å²) in [5, 5.41) is 0. The van der Waals surface area contributed by atoms with E-state index in [1.807, 2.05) is 25.1 Å². The van der Waals surface area contributed by atoms with Crippen molar-refractivity contribution in [2.24, 2.45) is 0 Å². The van der Waals surface area contributed by atoms with Crippen molar-refractivity contribution in [1.29, 1.82) is 0 Å². The highest BCUT2D eigenvalue weighted by atomic mass is 79.9. The highest BCUT2D eigenvalue weighted by Crippen LogP contribution is 2.25. The third-order valence-electron chi connectivity index (χ3n) is 3.69. The molecule has 0 aliphatic carbocycles. The van der Waals surface area contributed by atoms with Crippen molar-refractivity contribution in [3.63, 3.8) is 0 Å². The third-order valence-corrected chi connectivity index (χ3v) is 5.55. The van der Waals surface area contributed by atoms with Crippen LogP contribution in [-0.4, -0.2) is 21.5 Å². The first-order valence-electron chi connectivity index (χ1n) is 7.51. The van der Waals surface area contributed by atoms with E-state index in [1.54, 1.807) is 24.3 Å². The summed E-state index contributed by atoms with van der Waals surface area (Å²) in [5.74, 6) is 0. The van der Waals surface area contributed by atoms with Gasteiger partial charge in [-0.1, -0.05) is 22.0 Å². The zero-order chi connectivity index (χ0) is 17.0. The predicted octanol–water partition coefficient (Wildman–Crippen LogP) is 4.40. The zero-order valence-electron chi connectivity index (χ0n) is 13.5. The lowest BCUT2D eigenvalue weighted by atomic mass is 10.1. The number of nitrogens with zero attached hydrogens (tertiary/aromatic N) is 1. The third kappa shape index (κ3) is 4.26. The van der Waals surface area contributed by atoms with Gasteiger partial charge in [0.05, 0.1) is 10.6 Å². The SMILES string of the molecule is CCN(CC)c1ccc(NS(=O)(=O)c2cccc(Br)c2)c(C)c1. The summed E-state index contributed by atoms with van der Waals surface area (Å²) in [6.07, 6.45) is 0. The van der Waals surface area contributed by atoms with Crippen molar-refractivity contribution in [2.45, 2.75) is 25.7 Å². The lowest BCUT2D eigenvalue weighted by Crippen LogP contribution is -2.22. The summed E-state index contributed by atoms with van der Waals surface area (Å²) in [7, 11) is -3.60. The van der Waals surface area contributed by atoms with Crippen molar-refractivity contribution >= 4 is 37.3 Å². The number of sulfonamides is 1.